The summed E-state index contributed by atoms with van der Waals surface area (Å²) < 4.78 is 5.60. The zero-order valence-corrected chi connectivity index (χ0v) is 11.8. The first-order valence-corrected chi connectivity index (χ1v) is 6.95. The molecular formula is C14H19ClN2O2. The first kappa shape index (κ1) is 14.2. The van der Waals surface area contributed by atoms with Crippen molar-refractivity contribution in [2.24, 2.45) is 0 Å². The van der Waals surface area contributed by atoms with E-state index in [0.29, 0.717) is 29.4 Å². The van der Waals surface area contributed by atoms with E-state index in [9.17, 15) is 4.79 Å². The minimum Gasteiger partial charge on any atom is -0.398 e. The van der Waals surface area contributed by atoms with Crippen LogP contribution in [0.4, 0.5) is 5.69 Å². The number of hydrogen-bond acceptors (Lipinski definition) is 3. The van der Waals surface area contributed by atoms with Crippen LogP contribution in [0.3, 0.4) is 0 Å². The maximum absolute atomic E-state index is 12.4. The third kappa shape index (κ3) is 3.39. The maximum atomic E-state index is 12.4. The number of likely N-dealkylation sites (tertiary alicyclic amines) is 1. The van der Waals surface area contributed by atoms with E-state index in [1.807, 2.05) is 11.8 Å². The molecule has 2 N–H and O–H groups in total. The molecule has 104 valence electrons. The second-order valence-corrected chi connectivity index (χ2v) is 5.14. The van der Waals surface area contributed by atoms with Gasteiger partial charge in [0.05, 0.1) is 11.7 Å². The molecule has 1 aliphatic heterocycles. The van der Waals surface area contributed by atoms with Gasteiger partial charge in [0.25, 0.3) is 5.91 Å². The quantitative estimate of drug-likeness (QED) is 0.867. The number of piperidine rings is 1. The topological polar surface area (TPSA) is 55.6 Å². The highest BCUT2D eigenvalue weighted by Gasteiger charge is 2.25. The number of nitrogens with two attached hydrogens (primary N) is 1. The summed E-state index contributed by atoms with van der Waals surface area (Å²) in [6.07, 6.45) is 2.11. The molecular weight excluding hydrogens is 264 g/mol. The number of hydrogen-bond donors (Lipinski definition) is 1. The lowest BCUT2D eigenvalue weighted by Crippen LogP contribution is -2.43. The van der Waals surface area contributed by atoms with Crippen LogP contribution in [0.2, 0.25) is 5.02 Å². The number of rotatable bonds is 3. The minimum atomic E-state index is -0.0430. The third-order valence-corrected chi connectivity index (χ3v) is 3.55. The van der Waals surface area contributed by atoms with Crippen molar-refractivity contribution in [3.05, 3.63) is 28.8 Å². The maximum Gasteiger partial charge on any atom is 0.256 e. The van der Waals surface area contributed by atoms with Gasteiger partial charge in [0.2, 0.25) is 0 Å². The fraction of sp³-hybridized carbons (Fsp3) is 0.500. The van der Waals surface area contributed by atoms with Gasteiger partial charge in [-0.15, -0.1) is 0 Å². The molecule has 0 spiro atoms. The van der Waals surface area contributed by atoms with Gasteiger partial charge in [0.15, 0.2) is 0 Å². The van der Waals surface area contributed by atoms with Crippen molar-refractivity contribution < 1.29 is 9.53 Å². The van der Waals surface area contributed by atoms with Gasteiger partial charge in [-0.25, -0.2) is 0 Å². The number of benzene rings is 1. The van der Waals surface area contributed by atoms with Crippen LogP contribution in [0.1, 0.15) is 30.1 Å². The summed E-state index contributed by atoms with van der Waals surface area (Å²) >= 11 is 5.85. The summed E-state index contributed by atoms with van der Waals surface area (Å²) in [7, 11) is 0. The Kier molecular flexibility index (Phi) is 4.66. The van der Waals surface area contributed by atoms with E-state index < -0.39 is 0 Å². The fourth-order valence-electron chi connectivity index (χ4n) is 2.39. The van der Waals surface area contributed by atoms with Crippen LogP contribution in [-0.2, 0) is 4.74 Å². The molecule has 1 aliphatic rings. The number of nitrogens with zero attached hydrogens (tertiary/aromatic N) is 1. The Morgan fingerprint density at radius 2 is 2.37 bits per heavy atom. The summed E-state index contributed by atoms with van der Waals surface area (Å²) in [5.41, 5.74) is 6.80. The predicted molar refractivity (Wildman–Crippen MR) is 76.4 cm³/mol. The zero-order chi connectivity index (χ0) is 13.8. The van der Waals surface area contributed by atoms with Crippen molar-refractivity contribution in [2.45, 2.75) is 25.9 Å². The lowest BCUT2D eigenvalue weighted by Gasteiger charge is -2.32. The summed E-state index contributed by atoms with van der Waals surface area (Å²) in [6.45, 7) is 4.03. The highest BCUT2D eigenvalue weighted by molar-refractivity contribution is 6.31. The Labute approximate surface area is 118 Å². The molecule has 0 aromatic heterocycles. The number of nitrogen functional groups attached to an aromatic ring is 1. The molecule has 5 heteroatoms. The molecule has 2 rings (SSSR count). The van der Waals surface area contributed by atoms with Crippen LogP contribution in [0.5, 0.6) is 0 Å². The van der Waals surface area contributed by atoms with Gasteiger partial charge in [0, 0.05) is 30.4 Å². The van der Waals surface area contributed by atoms with Crippen molar-refractivity contribution in [1.82, 2.24) is 4.90 Å². The SMILES string of the molecule is CCOC1CCCN(C(=O)c2ccc(Cl)cc2N)C1. The van der Waals surface area contributed by atoms with Crippen molar-refractivity contribution >= 4 is 23.2 Å². The average Bonchev–Trinajstić information content (AvgIpc) is 2.39. The lowest BCUT2D eigenvalue weighted by molar-refractivity contribution is 0.00728. The fourth-order valence-corrected chi connectivity index (χ4v) is 2.57. The van der Waals surface area contributed by atoms with E-state index in [0.717, 1.165) is 19.4 Å². The molecule has 1 fully saturated rings. The normalized spacial score (nSPS) is 19.5. The van der Waals surface area contributed by atoms with Gasteiger partial charge in [-0.05, 0) is 38.0 Å². The lowest BCUT2D eigenvalue weighted by atomic mass is 10.1. The Morgan fingerprint density at radius 1 is 1.58 bits per heavy atom. The summed E-state index contributed by atoms with van der Waals surface area (Å²) in [5, 5.41) is 0.542. The van der Waals surface area contributed by atoms with Crippen molar-refractivity contribution in [2.75, 3.05) is 25.4 Å². The molecule has 0 saturated carbocycles. The van der Waals surface area contributed by atoms with Gasteiger partial charge in [-0.2, -0.15) is 0 Å². The molecule has 1 saturated heterocycles. The monoisotopic (exact) mass is 282 g/mol. The number of halogens is 1. The van der Waals surface area contributed by atoms with E-state index in [1.54, 1.807) is 18.2 Å². The van der Waals surface area contributed by atoms with Crippen LogP contribution >= 0.6 is 11.6 Å². The summed E-state index contributed by atoms with van der Waals surface area (Å²) in [4.78, 5) is 14.2. The van der Waals surface area contributed by atoms with Crippen molar-refractivity contribution in [3.8, 4) is 0 Å². The molecule has 0 radical (unpaired) electrons. The molecule has 1 unspecified atom stereocenters. The van der Waals surface area contributed by atoms with Gasteiger partial charge in [-0.1, -0.05) is 11.6 Å². The summed E-state index contributed by atoms with van der Waals surface area (Å²) in [5.74, 6) is -0.0430. The molecule has 0 bridgehead atoms. The Balaban J connectivity index is 2.10. The van der Waals surface area contributed by atoms with E-state index in [-0.39, 0.29) is 12.0 Å². The number of carbonyl (C=O) groups is 1. The van der Waals surface area contributed by atoms with E-state index in [4.69, 9.17) is 22.1 Å². The van der Waals surface area contributed by atoms with Crippen LogP contribution in [-0.4, -0.2) is 36.6 Å². The predicted octanol–water partition coefficient (Wildman–Crippen LogP) is 2.56. The van der Waals surface area contributed by atoms with Crippen molar-refractivity contribution in [1.29, 1.82) is 0 Å². The average molecular weight is 283 g/mol. The number of anilines is 1. The second kappa shape index (κ2) is 6.26. The van der Waals surface area contributed by atoms with Gasteiger partial charge in [0.1, 0.15) is 0 Å². The standard InChI is InChI=1S/C14H19ClN2O2/c1-2-19-11-4-3-7-17(9-11)14(18)12-6-5-10(15)8-13(12)16/h5-6,8,11H,2-4,7,9,16H2,1H3. The molecule has 4 nitrogen and oxygen atoms in total. The van der Waals surface area contributed by atoms with E-state index in [2.05, 4.69) is 0 Å². The van der Waals surface area contributed by atoms with Crippen LogP contribution in [0.25, 0.3) is 0 Å². The third-order valence-electron chi connectivity index (χ3n) is 3.31. The molecule has 1 aromatic carbocycles. The zero-order valence-electron chi connectivity index (χ0n) is 11.1. The smallest absolute Gasteiger partial charge is 0.256 e. The second-order valence-electron chi connectivity index (χ2n) is 4.70. The minimum absolute atomic E-state index is 0.0430. The van der Waals surface area contributed by atoms with Crippen molar-refractivity contribution in [3.63, 3.8) is 0 Å². The summed E-state index contributed by atoms with van der Waals surface area (Å²) in [6, 6.07) is 4.98. The molecule has 1 atom stereocenters. The van der Waals surface area contributed by atoms with E-state index >= 15 is 0 Å². The Morgan fingerprint density at radius 3 is 3.05 bits per heavy atom. The first-order valence-electron chi connectivity index (χ1n) is 6.57. The molecule has 1 aromatic rings. The van der Waals surface area contributed by atoms with Gasteiger partial charge < -0.3 is 15.4 Å². The number of carbonyl (C=O) groups excluding carboxylic acids is 1. The number of amides is 1. The highest BCUT2D eigenvalue weighted by Crippen LogP contribution is 2.22. The highest BCUT2D eigenvalue weighted by atomic mass is 35.5. The molecule has 1 amide bonds. The first-order chi connectivity index (χ1) is 9.11. The van der Waals surface area contributed by atoms with Crippen LogP contribution in [0, 0.1) is 0 Å². The molecule has 0 aliphatic carbocycles. The molecule has 1 heterocycles. The van der Waals surface area contributed by atoms with Gasteiger partial charge in [-0.3, -0.25) is 4.79 Å². The van der Waals surface area contributed by atoms with Crippen LogP contribution in [0.15, 0.2) is 18.2 Å². The Hall–Kier alpha value is -1.26. The Bertz CT molecular complexity index is 463. The van der Waals surface area contributed by atoms with Crippen LogP contribution < -0.4 is 5.73 Å². The van der Waals surface area contributed by atoms with E-state index in [1.165, 1.54) is 0 Å². The van der Waals surface area contributed by atoms with Gasteiger partial charge >= 0.3 is 0 Å². The largest absolute Gasteiger partial charge is 0.398 e. The molecule has 19 heavy (non-hydrogen) atoms. The number of ether oxygens (including phenoxy) is 1.